The molecule has 3 saturated carbocycles. The average molecular weight is 492 g/mol. The van der Waals surface area contributed by atoms with Gasteiger partial charge < -0.3 is 10.5 Å². The fourth-order valence-electron chi connectivity index (χ4n) is 9.05. The van der Waals surface area contributed by atoms with Crippen molar-refractivity contribution >= 4 is 11.7 Å². The summed E-state index contributed by atoms with van der Waals surface area (Å²) in [6, 6.07) is 0. The monoisotopic (exact) mass is 491 g/mol. The Morgan fingerprint density at radius 2 is 1.67 bits per heavy atom. The van der Waals surface area contributed by atoms with E-state index in [0.717, 1.165) is 49.7 Å². The summed E-state index contributed by atoms with van der Waals surface area (Å²) in [5, 5.41) is 0. The van der Waals surface area contributed by atoms with Crippen LogP contribution in [0.15, 0.2) is 46.3 Å². The van der Waals surface area contributed by atoms with Crippen LogP contribution >= 0.6 is 0 Å². The van der Waals surface area contributed by atoms with Gasteiger partial charge in [-0.25, -0.2) is 0 Å². The minimum absolute atomic E-state index is 0.00167. The molecule has 2 N–H and O–H groups in total. The van der Waals surface area contributed by atoms with Crippen molar-refractivity contribution in [1.29, 1.82) is 0 Å². The summed E-state index contributed by atoms with van der Waals surface area (Å²) < 4.78 is 5.95. The Morgan fingerprint density at radius 3 is 2.31 bits per heavy atom. The van der Waals surface area contributed by atoms with E-state index < -0.39 is 5.41 Å². The highest BCUT2D eigenvalue weighted by atomic mass is 16.5. The highest BCUT2D eigenvalue weighted by Gasteiger charge is 2.67. The summed E-state index contributed by atoms with van der Waals surface area (Å²) in [6.45, 7) is 17.9. The summed E-state index contributed by atoms with van der Waals surface area (Å²) in [4.78, 5) is 25.8. The second-order valence-corrected chi connectivity index (χ2v) is 14.1. The molecule has 1 unspecified atom stereocenters. The molecule has 0 bridgehead atoms. The number of carbonyl (C=O) groups is 2. The molecule has 4 nitrogen and oxygen atoms in total. The van der Waals surface area contributed by atoms with Crippen LogP contribution in [0.1, 0.15) is 100 Å². The van der Waals surface area contributed by atoms with Gasteiger partial charge >= 0.3 is 0 Å². The largest absolute Gasteiger partial charge is 0.487 e. The van der Waals surface area contributed by atoms with Crippen molar-refractivity contribution in [3.8, 4) is 0 Å². The Bertz CT molecular complexity index is 1170. The quantitative estimate of drug-likeness (QED) is 0.464. The van der Waals surface area contributed by atoms with Crippen molar-refractivity contribution in [1.82, 2.24) is 0 Å². The van der Waals surface area contributed by atoms with Gasteiger partial charge in [0.15, 0.2) is 5.76 Å². The lowest BCUT2D eigenvalue weighted by Gasteiger charge is -2.70. The van der Waals surface area contributed by atoms with Crippen LogP contribution in [-0.4, -0.2) is 17.8 Å². The maximum Gasteiger partial charge on any atom is 0.223 e. The van der Waals surface area contributed by atoms with E-state index in [1.54, 1.807) is 0 Å². The second kappa shape index (κ2) is 7.71. The third-order valence-corrected chi connectivity index (χ3v) is 11.8. The molecule has 0 aromatic heterocycles. The number of primary amides is 1. The first-order valence-corrected chi connectivity index (χ1v) is 14.0. The lowest BCUT2D eigenvalue weighted by atomic mass is 9.34. The van der Waals surface area contributed by atoms with E-state index in [1.165, 1.54) is 17.6 Å². The molecule has 5 aliphatic rings. The molecule has 196 valence electrons. The Hall–Kier alpha value is -2.10. The van der Waals surface area contributed by atoms with Gasteiger partial charge in [0.1, 0.15) is 0 Å². The standard InChI is InChI=1S/C32H45NO3/c1-19(2)36-26-20(3)21-9-10-24-30(6,22(21)17-23(26)34)14-16-32(8)25-18-29(5,27(33)35)12-11-28(25,4)13-15-31(24,32)7/h9-10,17,19,25H,11-16,18H2,1-8H3,(H2,33,35)/t25-,28-,29-,30+,31?,32+/m1/s1. The highest BCUT2D eigenvalue weighted by Crippen LogP contribution is 2.75. The van der Waals surface area contributed by atoms with Crippen molar-refractivity contribution in [2.75, 3.05) is 0 Å². The van der Waals surface area contributed by atoms with Gasteiger partial charge in [-0.1, -0.05) is 52.3 Å². The van der Waals surface area contributed by atoms with E-state index in [1.807, 2.05) is 26.8 Å². The van der Waals surface area contributed by atoms with Gasteiger partial charge in [-0.15, -0.1) is 0 Å². The Labute approximate surface area is 217 Å². The number of ether oxygens (including phenoxy) is 1. The van der Waals surface area contributed by atoms with E-state index >= 15 is 0 Å². The summed E-state index contributed by atoms with van der Waals surface area (Å²) in [6.07, 6.45) is 13.7. The average Bonchev–Trinajstić information content (AvgIpc) is 2.80. The maximum atomic E-state index is 13.3. The number of hydrogen-bond acceptors (Lipinski definition) is 3. The number of hydrogen-bond donors (Lipinski definition) is 1. The lowest BCUT2D eigenvalue weighted by molar-refractivity contribution is -0.167. The van der Waals surface area contributed by atoms with Crippen LogP contribution in [0.25, 0.3) is 0 Å². The third-order valence-electron chi connectivity index (χ3n) is 11.8. The Morgan fingerprint density at radius 1 is 1.00 bits per heavy atom. The molecule has 0 aliphatic heterocycles. The summed E-state index contributed by atoms with van der Waals surface area (Å²) in [7, 11) is 0. The number of rotatable bonds is 3. The molecule has 6 atom stereocenters. The molecule has 5 aliphatic carbocycles. The minimum atomic E-state index is -0.423. The Balaban J connectivity index is 1.61. The molecule has 0 aromatic carbocycles. The van der Waals surface area contributed by atoms with Crippen LogP contribution in [0, 0.1) is 33.0 Å². The van der Waals surface area contributed by atoms with Crippen molar-refractivity contribution in [2.24, 2.45) is 38.7 Å². The van der Waals surface area contributed by atoms with Crippen molar-refractivity contribution in [3.05, 3.63) is 46.3 Å². The van der Waals surface area contributed by atoms with Crippen LogP contribution < -0.4 is 5.73 Å². The van der Waals surface area contributed by atoms with E-state index in [2.05, 4.69) is 46.8 Å². The van der Waals surface area contributed by atoms with Gasteiger partial charge in [0.05, 0.1) is 6.10 Å². The first-order chi connectivity index (χ1) is 16.6. The molecular formula is C32H45NO3. The molecule has 1 amide bonds. The van der Waals surface area contributed by atoms with E-state index in [-0.39, 0.29) is 39.5 Å². The van der Waals surface area contributed by atoms with Crippen molar-refractivity contribution in [3.63, 3.8) is 0 Å². The number of amides is 1. The number of ketones is 1. The zero-order chi connectivity index (χ0) is 26.5. The molecule has 5 rings (SSSR count). The van der Waals surface area contributed by atoms with Crippen LogP contribution in [0.4, 0.5) is 0 Å². The normalized spacial score (nSPS) is 44.0. The zero-order valence-corrected chi connectivity index (χ0v) is 23.6. The van der Waals surface area contributed by atoms with Gasteiger partial charge in [0.2, 0.25) is 11.7 Å². The van der Waals surface area contributed by atoms with Gasteiger partial charge in [-0.3, -0.25) is 9.59 Å². The Kier molecular flexibility index (Phi) is 5.47. The zero-order valence-electron chi connectivity index (χ0n) is 23.6. The van der Waals surface area contributed by atoms with E-state index in [0.29, 0.717) is 11.7 Å². The second-order valence-electron chi connectivity index (χ2n) is 14.1. The van der Waals surface area contributed by atoms with Gasteiger partial charge in [0, 0.05) is 16.4 Å². The van der Waals surface area contributed by atoms with Crippen molar-refractivity contribution < 1.29 is 14.3 Å². The fraction of sp³-hybridized carbons (Fsp3) is 0.688. The predicted octanol–water partition coefficient (Wildman–Crippen LogP) is 6.97. The molecule has 0 heterocycles. The topological polar surface area (TPSA) is 69.4 Å². The molecule has 0 aromatic rings. The van der Waals surface area contributed by atoms with Crippen LogP contribution in [-0.2, 0) is 14.3 Å². The van der Waals surface area contributed by atoms with Crippen LogP contribution in [0.2, 0.25) is 0 Å². The third kappa shape index (κ3) is 3.18. The molecule has 0 spiro atoms. The SMILES string of the molecule is CC1=C(OC(C)C)C(=O)C=C2C1=CC=C1C3(C)CC[C@@]4(C)CC[C@@](C)(C(N)=O)C[C@H]4[C@]3(C)CC[C@@]21C. The molecule has 36 heavy (non-hydrogen) atoms. The van der Waals surface area contributed by atoms with Gasteiger partial charge in [-0.05, 0) is 105 Å². The maximum absolute atomic E-state index is 13.3. The molecule has 0 saturated heterocycles. The molecule has 3 fully saturated rings. The van der Waals surface area contributed by atoms with Gasteiger partial charge in [0.25, 0.3) is 0 Å². The highest BCUT2D eigenvalue weighted by molar-refractivity contribution is 6.07. The number of fused-ring (bicyclic) bond motifs is 7. The summed E-state index contributed by atoms with van der Waals surface area (Å²) in [5.74, 6) is 0.794. The number of nitrogens with two attached hydrogens (primary N) is 1. The number of allylic oxidation sites excluding steroid dienone is 7. The molecule has 0 radical (unpaired) electrons. The first-order valence-electron chi connectivity index (χ1n) is 14.0. The van der Waals surface area contributed by atoms with Gasteiger partial charge in [-0.2, -0.15) is 0 Å². The van der Waals surface area contributed by atoms with Crippen molar-refractivity contribution in [2.45, 2.75) is 106 Å². The smallest absolute Gasteiger partial charge is 0.223 e. The van der Waals surface area contributed by atoms with E-state index in [9.17, 15) is 9.59 Å². The summed E-state index contributed by atoms with van der Waals surface area (Å²) in [5.41, 5.74) is 10.4. The minimum Gasteiger partial charge on any atom is -0.487 e. The fourth-order valence-corrected chi connectivity index (χ4v) is 9.05. The molecule has 4 heteroatoms. The first kappa shape index (κ1) is 25.5. The number of carbonyl (C=O) groups excluding carboxylic acids is 2. The lowest BCUT2D eigenvalue weighted by Crippen LogP contribution is -2.62. The van der Waals surface area contributed by atoms with Crippen LogP contribution in [0.3, 0.4) is 0 Å². The predicted molar refractivity (Wildman–Crippen MR) is 144 cm³/mol. The molecular weight excluding hydrogens is 446 g/mol. The summed E-state index contributed by atoms with van der Waals surface area (Å²) >= 11 is 0. The van der Waals surface area contributed by atoms with E-state index in [4.69, 9.17) is 10.5 Å². The van der Waals surface area contributed by atoms with Crippen LogP contribution in [0.5, 0.6) is 0 Å².